The van der Waals surface area contributed by atoms with Gasteiger partial charge in [-0.25, -0.2) is 4.39 Å². The van der Waals surface area contributed by atoms with Crippen LogP contribution in [0, 0.1) is 0 Å². The molecular formula is C13H16FN. The van der Waals surface area contributed by atoms with Crippen molar-refractivity contribution >= 4 is 5.69 Å². The number of hydrogen-bond donors (Lipinski definition) is 1. The number of alkyl halides is 1. The minimum absolute atomic E-state index is 0.529. The molecule has 2 aliphatic rings. The highest BCUT2D eigenvalue weighted by Gasteiger charge is 2.29. The Bertz CT molecular complexity index is 425. The first kappa shape index (κ1) is 9.20. The summed E-state index contributed by atoms with van der Waals surface area (Å²) in [5, 5.41) is 0. The smallest absolute Gasteiger partial charge is 0.108 e. The Labute approximate surface area is 89.5 Å². The fourth-order valence-electron chi connectivity index (χ4n) is 3.14. The highest BCUT2D eigenvalue weighted by Crippen LogP contribution is 2.42. The van der Waals surface area contributed by atoms with Crippen molar-refractivity contribution in [2.45, 2.75) is 44.7 Å². The van der Waals surface area contributed by atoms with Crippen LogP contribution >= 0.6 is 0 Å². The van der Waals surface area contributed by atoms with Crippen LogP contribution in [0.4, 0.5) is 10.1 Å². The lowest BCUT2D eigenvalue weighted by Gasteiger charge is -2.13. The minimum atomic E-state index is -0.708. The molecule has 0 aromatic heterocycles. The van der Waals surface area contributed by atoms with E-state index in [0.717, 1.165) is 23.2 Å². The van der Waals surface area contributed by atoms with Gasteiger partial charge in [-0.1, -0.05) is 13.0 Å². The van der Waals surface area contributed by atoms with Crippen molar-refractivity contribution < 1.29 is 4.39 Å². The summed E-state index contributed by atoms with van der Waals surface area (Å²) in [6.45, 7) is 2.22. The minimum Gasteiger partial charge on any atom is -0.398 e. The van der Waals surface area contributed by atoms with Crippen LogP contribution < -0.4 is 5.73 Å². The van der Waals surface area contributed by atoms with Gasteiger partial charge in [-0.3, -0.25) is 0 Å². The maximum Gasteiger partial charge on any atom is 0.108 e. The number of aryl methyl sites for hydroxylation is 1. The molecule has 2 heteroatoms. The molecule has 2 aliphatic carbocycles. The Morgan fingerprint density at radius 3 is 2.93 bits per heavy atom. The van der Waals surface area contributed by atoms with Crippen LogP contribution in [0.25, 0.3) is 0 Å². The lowest BCUT2D eigenvalue weighted by molar-refractivity contribution is 0.349. The van der Waals surface area contributed by atoms with Crippen molar-refractivity contribution in [3.63, 3.8) is 0 Å². The molecule has 1 aromatic rings. The van der Waals surface area contributed by atoms with E-state index in [1.54, 1.807) is 0 Å². The zero-order valence-electron chi connectivity index (χ0n) is 9.02. The van der Waals surface area contributed by atoms with Crippen LogP contribution in [0.3, 0.4) is 0 Å². The standard InChI is InChI=1S/C13H16FN/c1-7-2-3-8-4-9-5-10(14)6-11(9)13(15)12(7)8/h4,7,10H,2-3,5-6,15H2,1H3/t7-,10+/m0/s1. The van der Waals surface area contributed by atoms with Crippen molar-refractivity contribution in [2.24, 2.45) is 0 Å². The first-order valence-electron chi connectivity index (χ1n) is 5.74. The summed E-state index contributed by atoms with van der Waals surface area (Å²) in [7, 11) is 0. The number of nitrogen functional groups attached to an aromatic ring is 1. The summed E-state index contributed by atoms with van der Waals surface area (Å²) in [6.07, 6.45) is 2.70. The number of rotatable bonds is 0. The molecule has 3 rings (SSSR count). The third-order valence-electron chi connectivity index (χ3n) is 3.90. The van der Waals surface area contributed by atoms with Gasteiger partial charge in [0.1, 0.15) is 6.17 Å². The van der Waals surface area contributed by atoms with Gasteiger partial charge in [0.25, 0.3) is 0 Å². The maximum absolute atomic E-state index is 13.3. The van der Waals surface area contributed by atoms with Gasteiger partial charge in [-0.15, -0.1) is 0 Å². The molecule has 0 heterocycles. The maximum atomic E-state index is 13.3. The molecule has 1 nitrogen and oxygen atoms in total. The number of benzene rings is 1. The van der Waals surface area contributed by atoms with Crippen molar-refractivity contribution in [3.05, 3.63) is 28.3 Å². The van der Waals surface area contributed by atoms with Crippen LogP contribution in [-0.4, -0.2) is 6.17 Å². The van der Waals surface area contributed by atoms with E-state index >= 15 is 0 Å². The Morgan fingerprint density at radius 2 is 2.13 bits per heavy atom. The van der Waals surface area contributed by atoms with Crippen molar-refractivity contribution in [3.8, 4) is 0 Å². The monoisotopic (exact) mass is 205 g/mol. The molecular weight excluding hydrogens is 189 g/mol. The molecule has 2 atom stereocenters. The molecule has 0 fully saturated rings. The van der Waals surface area contributed by atoms with Gasteiger partial charge in [0.15, 0.2) is 0 Å². The SMILES string of the molecule is C[C@H]1CCc2cc3c(c(N)c21)C[C@H](F)C3. The predicted molar refractivity (Wildman–Crippen MR) is 59.9 cm³/mol. The summed E-state index contributed by atoms with van der Waals surface area (Å²) >= 11 is 0. The average Bonchev–Trinajstić information content (AvgIpc) is 2.71. The first-order valence-corrected chi connectivity index (χ1v) is 5.74. The highest BCUT2D eigenvalue weighted by atomic mass is 19.1. The summed E-state index contributed by atoms with van der Waals surface area (Å²) in [5.41, 5.74) is 12.0. The van der Waals surface area contributed by atoms with Crippen LogP contribution in [0.2, 0.25) is 0 Å². The number of halogens is 1. The molecule has 0 unspecified atom stereocenters. The van der Waals surface area contributed by atoms with E-state index in [4.69, 9.17) is 5.73 Å². The van der Waals surface area contributed by atoms with Gasteiger partial charge in [-0.2, -0.15) is 0 Å². The summed E-state index contributed by atoms with van der Waals surface area (Å²) < 4.78 is 13.3. The second kappa shape index (κ2) is 2.97. The Morgan fingerprint density at radius 1 is 1.33 bits per heavy atom. The lowest BCUT2D eigenvalue weighted by atomic mass is 9.95. The van der Waals surface area contributed by atoms with Gasteiger partial charge in [0.2, 0.25) is 0 Å². The van der Waals surface area contributed by atoms with Crippen LogP contribution in [0.1, 0.15) is 41.5 Å². The lowest BCUT2D eigenvalue weighted by Crippen LogP contribution is -2.02. The largest absolute Gasteiger partial charge is 0.398 e. The normalized spacial score (nSPS) is 27.9. The summed E-state index contributed by atoms with van der Waals surface area (Å²) in [6, 6.07) is 2.20. The molecule has 0 radical (unpaired) electrons. The van der Waals surface area contributed by atoms with E-state index in [2.05, 4.69) is 13.0 Å². The van der Waals surface area contributed by atoms with Crippen LogP contribution in [0.15, 0.2) is 6.07 Å². The first-order chi connectivity index (χ1) is 7.16. The van der Waals surface area contributed by atoms with E-state index in [9.17, 15) is 4.39 Å². The summed E-state index contributed by atoms with van der Waals surface area (Å²) in [4.78, 5) is 0. The van der Waals surface area contributed by atoms with Crippen molar-refractivity contribution in [1.82, 2.24) is 0 Å². The second-order valence-corrected chi connectivity index (χ2v) is 4.95. The molecule has 0 saturated heterocycles. The molecule has 0 aliphatic heterocycles. The Kier molecular flexibility index (Phi) is 1.82. The van der Waals surface area contributed by atoms with Crippen molar-refractivity contribution in [1.29, 1.82) is 0 Å². The summed E-state index contributed by atoms with van der Waals surface area (Å²) in [5.74, 6) is 0.559. The number of hydrogen-bond acceptors (Lipinski definition) is 1. The van der Waals surface area contributed by atoms with E-state index in [1.807, 2.05) is 0 Å². The molecule has 0 bridgehead atoms. The molecule has 15 heavy (non-hydrogen) atoms. The van der Waals surface area contributed by atoms with Gasteiger partial charge >= 0.3 is 0 Å². The molecule has 0 amide bonds. The van der Waals surface area contributed by atoms with Gasteiger partial charge in [0.05, 0.1) is 0 Å². The molecule has 0 spiro atoms. The quantitative estimate of drug-likeness (QED) is 0.647. The van der Waals surface area contributed by atoms with Crippen LogP contribution in [-0.2, 0) is 19.3 Å². The molecule has 0 saturated carbocycles. The van der Waals surface area contributed by atoms with Crippen molar-refractivity contribution in [2.75, 3.05) is 5.73 Å². The van der Waals surface area contributed by atoms with E-state index in [1.165, 1.54) is 17.5 Å². The molecule has 80 valence electrons. The second-order valence-electron chi connectivity index (χ2n) is 4.95. The number of nitrogens with two attached hydrogens (primary N) is 1. The Hall–Kier alpha value is -1.05. The number of anilines is 1. The predicted octanol–water partition coefficient (Wildman–Crippen LogP) is 2.76. The van der Waals surface area contributed by atoms with Gasteiger partial charge in [0, 0.05) is 18.5 Å². The molecule has 1 aromatic carbocycles. The third kappa shape index (κ3) is 1.20. The van der Waals surface area contributed by atoms with Gasteiger partial charge in [-0.05, 0) is 41.0 Å². The highest BCUT2D eigenvalue weighted by molar-refractivity contribution is 5.64. The molecule has 2 N–H and O–H groups in total. The average molecular weight is 205 g/mol. The zero-order valence-corrected chi connectivity index (χ0v) is 9.02. The fraction of sp³-hybridized carbons (Fsp3) is 0.538. The van der Waals surface area contributed by atoms with Crippen LogP contribution in [0.5, 0.6) is 0 Å². The number of fused-ring (bicyclic) bond motifs is 2. The van der Waals surface area contributed by atoms with E-state index in [-0.39, 0.29) is 0 Å². The topological polar surface area (TPSA) is 26.0 Å². The van der Waals surface area contributed by atoms with Gasteiger partial charge < -0.3 is 5.73 Å². The zero-order chi connectivity index (χ0) is 10.6. The van der Waals surface area contributed by atoms with E-state index in [0.29, 0.717) is 18.8 Å². The Balaban J connectivity index is 2.19. The third-order valence-corrected chi connectivity index (χ3v) is 3.90. The van der Waals surface area contributed by atoms with E-state index < -0.39 is 6.17 Å². The fourth-order valence-corrected chi connectivity index (χ4v) is 3.14.